The Bertz CT molecular complexity index is 537. The van der Waals surface area contributed by atoms with Gasteiger partial charge in [0.2, 0.25) is 0 Å². The van der Waals surface area contributed by atoms with E-state index in [1.165, 1.54) is 7.11 Å². The van der Waals surface area contributed by atoms with E-state index >= 15 is 0 Å². The van der Waals surface area contributed by atoms with Gasteiger partial charge in [-0.2, -0.15) is 0 Å². The van der Waals surface area contributed by atoms with Gasteiger partial charge in [0.1, 0.15) is 5.76 Å². The molecule has 19 heavy (non-hydrogen) atoms. The molecule has 0 aliphatic heterocycles. The smallest absolute Gasteiger partial charge is 0.411 e. The van der Waals surface area contributed by atoms with Crippen LogP contribution in [0.15, 0.2) is 47.1 Å². The topological polar surface area (TPSA) is 63.5 Å². The Labute approximate surface area is 111 Å². The van der Waals surface area contributed by atoms with Gasteiger partial charge in [0.05, 0.1) is 19.4 Å². The van der Waals surface area contributed by atoms with Crippen LogP contribution in [0.4, 0.5) is 16.2 Å². The van der Waals surface area contributed by atoms with E-state index in [1.807, 2.05) is 37.3 Å². The minimum absolute atomic E-state index is 0.0448. The predicted molar refractivity (Wildman–Crippen MR) is 73.2 cm³/mol. The number of rotatable bonds is 4. The molecule has 0 aliphatic carbocycles. The fourth-order valence-electron chi connectivity index (χ4n) is 1.71. The molecule has 1 aromatic carbocycles. The molecule has 5 nitrogen and oxygen atoms in total. The summed E-state index contributed by atoms with van der Waals surface area (Å²) in [6.45, 7) is 2.00. The van der Waals surface area contributed by atoms with Crippen molar-refractivity contribution in [1.82, 2.24) is 0 Å². The summed E-state index contributed by atoms with van der Waals surface area (Å²) < 4.78 is 9.88. The van der Waals surface area contributed by atoms with Crippen LogP contribution in [0.2, 0.25) is 0 Å². The van der Waals surface area contributed by atoms with Crippen LogP contribution in [0.3, 0.4) is 0 Å². The molecule has 0 radical (unpaired) electrons. The number of nitrogens with one attached hydrogen (secondary N) is 2. The van der Waals surface area contributed by atoms with E-state index in [0.29, 0.717) is 5.69 Å². The summed E-state index contributed by atoms with van der Waals surface area (Å²) in [6, 6.07) is 11.2. The lowest BCUT2D eigenvalue weighted by molar-refractivity contribution is 0.187. The van der Waals surface area contributed by atoms with Crippen molar-refractivity contribution < 1.29 is 13.9 Å². The average Bonchev–Trinajstić information content (AvgIpc) is 2.93. The standard InChI is InChI=1S/C14H16N2O3/c1-10(13-7-4-8-19-13)15-11-5-3-6-12(9-11)16-14(17)18-2/h3-10,15H,1-2H3,(H,16,17). The van der Waals surface area contributed by atoms with Crippen molar-refractivity contribution in [1.29, 1.82) is 0 Å². The zero-order valence-electron chi connectivity index (χ0n) is 10.8. The molecule has 1 amide bonds. The highest BCUT2D eigenvalue weighted by Gasteiger charge is 2.08. The molecule has 1 heterocycles. The molecule has 0 fully saturated rings. The minimum atomic E-state index is -0.490. The minimum Gasteiger partial charge on any atom is -0.467 e. The van der Waals surface area contributed by atoms with Crippen LogP contribution in [0, 0.1) is 0 Å². The maximum atomic E-state index is 11.1. The van der Waals surface area contributed by atoms with Gasteiger partial charge in [-0.15, -0.1) is 0 Å². The Hall–Kier alpha value is -2.43. The number of amides is 1. The summed E-state index contributed by atoms with van der Waals surface area (Å²) in [4.78, 5) is 11.1. The van der Waals surface area contributed by atoms with E-state index in [2.05, 4.69) is 15.4 Å². The van der Waals surface area contributed by atoms with Gasteiger partial charge < -0.3 is 14.5 Å². The largest absolute Gasteiger partial charge is 0.467 e. The van der Waals surface area contributed by atoms with Crippen molar-refractivity contribution in [3.63, 3.8) is 0 Å². The first-order chi connectivity index (χ1) is 9.19. The molecule has 0 saturated carbocycles. The number of ether oxygens (including phenoxy) is 1. The van der Waals surface area contributed by atoms with E-state index in [-0.39, 0.29) is 6.04 Å². The first-order valence-electron chi connectivity index (χ1n) is 5.94. The molecule has 2 rings (SSSR count). The number of hydrogen-bond donors (Lipinski definition) is 2. The number of benzene rings is 1. The fourth-order valence-corrected chi connectivity index (χ4v) is 1.71. The van der Waals surface area contributed by atoms with Gasteiger partial charge in [0.25, 0.3) is 0 Å². The molecule has 100 valence electrons. The van der Waals surface area contributed by atoms with Crippen LogP contribution in [-0.2, 0) is 4.74 Å². The maximum absolute atomic E-state index is 11.1. The maximum Gasteiger partial charge on any atom is 0.411 e. The molecule has 1 unspecified atom stereocenters. The van der Waals surface area contributed by atoms with E-state index in [1.54, 1.807) is 12.3 Å². The number of methoxy groups -OCH3 is 1. The van der Waals surface area contributed by atoms with Crippen molar-refractivity contribution in [2.75, 3.05) is 17.7 Å². The molecule has 0 spiro atoms. The third-order valence-electron chi connectivity index (χ3n) is 2.65. The highest BCUT2D eigenvalue weighted by atomic mass is 16.5. The van der Waals surface area contributed by atoms with Crippen LogP contribution < -0.4 is 10.6 Å². The van der Waals surface area contributed by atoms with Crippen LogP contribution >= 0.6 is 0 Å². The van der Waals surface area contributed by atoms with Gasteiger partial charge in [-0.1, -0.05) is 6.07 Å². The van der Waals surface area contributed by atoms with Crippen molar-refractivity contribution in [3.8, 4) is 0 Å². The fraction of sp³-hybridized carbons (Fsp3) is 0.214. The van der Waals surface area contributed by atoms with Crippen LogP contribution in [0.5, 0.6) is 0 Å². The molecule has 2 aromatic rings. The van der Waals surface area contributed by atoms with Gasteiger partial charge in [0, 0.05) is 11.4 Å². The summed E-state index contributed by atoms with van der Waals surface area (Å²) >= 11 is 0. The zero-order chi connectivity index (χ0) is 13.7. The molecule has 1 aromatic heterocycles. The number of furan rings is 1. The Morgan fingerprint density at radius 2 is 2.05 bits per heavy atom. The lowest BCUT2D eigenvalue weighted by Gasteiger charge is -2.14. The van der Waals surface area contributed by atoms with Crippen LogP contribution in [0.1, 0.15) is 18.7 Å². The third-order valence-corrected chi connectivity index (χ3v) is 2.65. The van der Waals surface area contributed by atoms with E-state index in [0.717, 1.165) is 11.4 Å². The number of hydrogen-bond acceptors (Lipinski definition) is 4. The number of anilines is 2. The highest BCUT2D eigenvalue weighted by molar-refractivity contribution is 5.85. The second-order valence-corrected chi connectivity index (χ2v) is 4.08. The quantitative estimate of drug-likeness (QED) is 0.881. The summed E-state index contributed by atoms with van der Waals surface area (Å²) in [5.41, 5.74) is 1.56. The zero-order valence-corrected chi connectivity index (χ0v) is 10.8. The van der Waals surface area contributed by atoms with Gasteiger partial charge in [-0.05, 0) is 37.3 Å². The summed E-state index contributed by atoms with van der Waals surface area (Å²) in [7, 11) is 1.33. The normalized spacial score (nSPS) is 11.7. The van der Waals surface area contributed by atoms with Crippen molar-refractivity contribution in [2.45, 2.75) is 13.0 Å². The molecule has 0 saturated heterocycles. The van der Waals surface area contributed by atoms with Crippen LogP contribution in [-0.4, -0.2) is 13.2 Å². The van der Waals surface area contributed by atoms with E-state index in [4.69, 9.17) is 4.42 Å². The average molecular weight is 260 g/mol. The van der Waals surface area contributed by atoms with Crippen LogP contribution in [0.25, 0.3) is 0 Å². The summed E-state index contributed by atoms with van der Waals surface area (Å²) in [5.74, 6) is 0.853. The molecule has 0 aliphatic rings. The molecule has 2 N–H and O–H groups in total. The lowest BCUT2D eigenvalue weighted by Crippen LogP contribution is -2.11. The molecule has 0 bridgehead atoms. The van der Waals surface area contributed by atoms with E-state index in [9.17, 15) is 4.79 Å². The van der Waals surface area contributed by atoms with Gasteiger partial charge in [-0.25, -0.2) is 4.79 Å². The second kappa shape index (κ2) is 5.95. The number of carbonyl (C=O) groups is 1. The predicted octanol–water partition coefficient (Wildman–Crippen LogP) is 3.63. The SMILES string of the molecule is COC(=O)Nc1cccc(NC(C)c2ccco2)c1. The molecular formula is C14H16N2O3. The summed E-state index contributed by atoms with van der Waals surface area (Å²) in [5, 5.41) is 5.91. The Balaban J connectivity index is 2.04. The lowest BCUT2D eigenvalue weighted by atomic mass is 10.2. The van der Waals surface area contributed by atoms with Gasteiger partial charge in [0.15, 0.2) is 0 Å². The Morgan fingerprint density at radius 1 is 1.26 bits per heavy atom. The first kappa shape index (κ1) is 13.0. The molecular weight excluding hydrogens is 244 g/mol. The summed E-state index contributed by atoms with van der Waals surface area (Å²) in [6.07, 6.45) is 1.15. The van der Waals surface area contributed by atoms with E-state index < -0.39 is 6.09 Å². The first-order valence-corrected chi connectivity index (χ1v) is 5.94. The monoisotopic (exact) mass is 260 g/mol. The second-order valence-electron chi connectivity index (χ2n) is 4.08. The molecule has 1 atom stereocenters. The van der Waals surface area contributed by atoms with Gasteiger partial charge >= 0.3 is 6.09 Å². The Morgan fingerprint density at radius 3 is 2.74 bits per heavy atom. The number of carbonyl (C=O) groups excluding carboxylic acids is 1. The third kappa shape index (κ3) is 3.51. The van der Waals surface area contributed by atoms with Gasteiger partial charge in [-0.3, -0.25) is 5.32 Å². The van der Waals surface area contributed by atoms with Crippen molar-refractivity contribution in [3.05, 3.63) is 48.4 Å². The highest BCUT2D eigenvalue weighted by Crippen LogP contribution is 2.22. The van der Waals surface area contributed by atoms with Crippen molar-refractivity contribution in [2.24, 2.45) is 0 Å². The van der Waals surface area contributed by atoms with Crippen molar-refractivity contribution >= 4 is 17.5 Å². The molecule has 5 heteroatoms. The Kier molecular flexibility index (Phi) is 4.07.